The third-order valence-corrected chi connectivity index (χ3v) is 4.72. The molecule has 3 rings (SSSR count). The summed E-state index contributed by atoms with van der Waals surface area (Å²) in [6.45, 7) is 0.328. The van der Waals surface area contributed by atoms with Crippen LogP contribution >= 0.6 is 11.8 Å². The van der Waals surface area contributed by atoms with Gasteiger partial charge in [-0.05, 0) is 40.3 Å². The van der Waals surface area contributed by atoms with Gasteiger partial charge in [-0.3, -0.25) is 4.79 Å². The van der Waals surface area contributed by atoms with Crippen LogP contribution in [0.3, 0.4) is 0 Å². The number of carbonyl (C=O) groups excluding carboxylic acids is 1. The minimum atomic E-state index is -0.321. The summed E-state index contributed by atoms with van der Waals surface area (Å²) in [5.41, 5.74) is 1.42. The lowest BCUT2D eigenvalue weighted by molar-refractivity contribution is -0.127. The highest BCUT2D eigenvalue weighted by atomic mass is 32.2. The van der Waals surface area contributed by atoms with Crippen LogP contribution in [0.2, 0.25) is 0 Å². The van der Waals surface area contributed by atoms with E-state index >= 15 is 0 Å². The molecule has 0 bridgehead atoms. The monoisotopic (exact) mass is 387 g/mol. The maximum absolute atomic E-state index is 13.3. The molecule has 0 spiro atoms. The van der Waals surface area contributed by atoms with E-state index in [1.54, 1.807) is 31.2 Å². The lowest BCUT2D eigenvalue weighted by atomic mass is 10.2. The average molecular weight is 387 g/mol. The summed E-state index contributed by atoms with van der Waals surface area (Å²) in [4.78, 5) is 13.9. The van der Waals surface area contributed by atoms with E-state index in [9.17, 15) is 9.18 Å². The Hall–Kier alpha value is -2.94. The first-order valence-electron chi connectivity index (χ1n) is 8.11. The first-order valence-corrected chi connectivity index (χ1v) is 9.10. The van der Waals surface area contributed by atoms with E-state index in [4.69, 9.17) is 4.74 Å². The number of tetrazole rings is 1. The molecule has 1 heterocycles. The van der Waals surface area contributed by atoms with Crippen molar-refractivity contribution in [2.75, 3.05) is 19.9 Å². The number of thioether (sulfide) groups is 1. The van der Waals surface area contributed by atoms with Gasteiger partial charge in [0, 0.05) is 13.6 Å². The molecule has 0 N–H and O–H groups in total. The molecule has 0 aliphatic carbocycles. The fourth-order valence-electron chi connectivity index (χ4n) is 2.46. The van der Waals surface area contributed by atoms with Gasteiger partial charge in [-0.15, -0.1) is 5.10 Å². The van der Waals surface area contributed by atoms with Crippen molar-refractivity contribution in [3.05, 3.63) is 59.9 Å². The van der Waals surface area contributed by atoms with E-state index in [-0.39, 0.29) is 17.5 Å². The van der Waals surface area contributed by atoms with Gasteiger partial charge in [-0.25, -0.2) is 4.39 Å². The molecule has 27 heavy (non-hydrogen) atoms. The van der Waals surface area contributed by atoms with E-state index in [1.165, 1.54) is 28.6 Å². The van der Waals surface area contributed by atoms with Crippen LogP contribution in [0.4, 0.5) is 4.39 Å². The Kier molecular flexibility index (Phi) is 6.02. The van der Waals surface area contributed by atoms with Crippen molar-refractivity contribution in [3.8, 4) is 11.4 Å². The average Bonchev–Trinajstić information content (AvgIpc) is 3.14. The van der Waals surface area contributed by atoms with Gasteiger partial charge >= 0.3 is 0 Å². The molecular formula is C18H18FN5O2S. The van der Waals surface area contributed by atoms with Crippen LogP contribution in [0, 0.1) is 5.82 Å². The summed E-state index contributed by atoms with van der Waals surface area (Å²) in [5.74, 6) is 0.347. The summed E-state index contributed by atoms with van der Waals surface area (Å²) in [6, 6.07) is 13.5. The van der Waals surface area contributed by atoms with Crippen molar-refractivity contribution in [2.45, 2.75) is 11.7 Å². The molecule has 140 valence electrons. The van der Waals surface area contributed by atoms with Crippen LogP contribution in [-0.4, -0.2) is 50.9 Å². The maximum atomic E-state index is 13.3. The third kappa shape index (κ3) is 4.62. The van der Waals surface area contributed by atoms with Crippen LogP contribution in [0.25, 0.3) is 5.69 Å². The SMILES string of the molecule is COc1ccccc1-n1nnnc1SCC(=O)N(C)Cc1cccc(F)c1. The summed E-state index contributed by atoms with van der Waals surface area (Å²) in [6.07, 6.45) is 0. The lowest BCUT2D eigenvalue weighted by Crippen LogP contribution is -2.28. The highest BCUT2D eigenvalue weighted by molar-refractivity contribution is 7.99. The topological polar surface area (TPSA) is 73.1 Å². The summed E-state index contributed by atoms with van der Waals surface area (Å²) >= 11 is 1.22. The Morgan fingerprint density at radius 3 is 2.85 bits per heavy atom. The van der Waals surface area contributed by atoms with Crippen molar-refractivity contribution in [1.82, 2.24) is 25.1 Å². The van der Waals surface area contributed by atoms with Gasteiger partial charge in [0.15, 0.2) is 0 Å². The number of halogens is 1. The zero-order valence-electron chi connectivity index (χ0n) is 14.9. The van der Waals surface area contributed by atoms with Crippen molar-refractivity contribution in [2.24, 2.45) is 0 Å². The van der Waals surface area contributed by atoms with Crippen LogP contribution in [0.15, 0.2) is 53.7 Å². The molecular weight excluding hydrogens is 369 g/mol. The zero-order chi connectivity index (χ0) is 19.2. The Morgan fingerprint density at radius 1 is 1.26 bits per heavy atom. The van der Waals surface area contributed by atoms with E-state index < -0.39 is 0 Å². The molecule has 0 radical (unpaired) electrons. The largest absolute Gasteiger partial charge is 0.494 e. The Morgan fingerprint density at radius 2 is 2.07 bits per heavy atom. The summed E-state index contributed by atoms with van der Waals surface area (Å²) in [7, 11) is 3.25. The van der Waals surface area contributed by atoms with Gasteiger partial charge in [0.25, 0.3) is 0 Å². The molecule has 9 heteroatoms. The Bertz CT molecular complexity index is 933. The molecule has 0 aliphatic rings. The molecule has 0 saturated heterocycles. The second-order valence-corrected chi connectivity index (χ2v) is 6.66. The second kappa shape index (κ2) is 8.63. The number of aromatic nitrogens is 4. The van der Waals surface area contributed by atoms with Crippen molar-refractivity contribution >= 4 is 17.7 Å². The normalized spacial score (nSPS) is 10.6. The molecule has 2 aromatic carbocycles. The maximum Gasteiger partial charge on any atom is 0.233 e. The van der Waals surface area contributed by atoms with Crippen LogP contribution < -0.4 is 4.74 Å². The van der Waals surface area contributed by atoms with Gasteiger partial charge in [-0.2, -0.15) is 4.68 Å². The predicted octanol–water partition coefficient (Wildman–Crippen LogP) is 2.56. The molecule has 0 aliphatic heterocycles. The minimum Gasteiger partial charge on any atom is -0.494 e. The van der Waals surface area contributed by atoms with Crippen molar-refractivity contribution in [1.29, 1.82) is 0 Å². The van der Waals surface area contributed by atoms with Crippen molar-refractivity contribution < 1.29 is 13.9 Å². The van der Waals surface area contributed by atoms with Crippen LogP contribution in [0.5, 0.6) is 5.75 Å². The highest BCUT2D eigenvalue weighted by Crippen LogP contribution is 2.25. The number of hydrogen-bond donors (Lipinski definition) is 0. The molecule has 0 fully saturated rings. The minimum absolute atomic E-state index is 0.112. The van der Waals surface area contributed by atoms with Gasteiger partial charge < -0.3 is 9.64 Å². The fourth-order valence-corrected chi connectivity index (χ4v) is 3.28. The first-order chi connectivity index (χ1) is 13.1. The van der Waals surface area contributed by atoms with Gasteiger partial charge in [-0.1, -0.05) is 36.0 Å². The smallest absolute Gasteiger partial charge is 0.233 e. The first kappa shape index (κ1) is 18.8. The fraction of sp³-hybridized carbons (Fsp3) is 0.222. The van der Waals surface area contributed by atoms with Gasteiger partial charge in [0.1, 0.15) is 17.3 Å². The number of hydrogen-bond acceptors (Lipinski definition) is 6. The van der Waals surface area contributed by atoms with E-state index in [1.807, 2.05) is 24.3 Å². The molecule has 0 saturated carbocycles. The van der Waals surface area contributed by atoms with Gasteiger partial charge in [0.2, 0.25) is 11.1 Å². The molecule has 7 nitrogen and oxygen atoms in total. The number of benzene rings is 2. The standard InChI is InChI=1S/C18H18FN5O2S/c1-23(11-13-6-5-7-14(19)10-13)17(25)12-27-18-20-21-22-24(18)15-8-3-4-9-16(15)26-2/h3-10H,11-12H2,1-2H3. The number of methoxy groups -OCH3 is 1. The molecule has 1 amide bonds. The van der Waals surface area contributed by atoms with Crippen molar-refractivity contribution in [3.63, 3.8) is 0 Å². The third-order valence-electron chi connectivity index (χ3n) is 3.81. The molecule has 3 aromatic rings. The second-order valence-electron chi connectivity index (χ2n) is 5.71. The van der Waals surface area contributed by atoms with Crippen LogP contribution in [0.1, 0.15) is 5.56 Å². The number of amides is 1. The molecule has 1 aromatic heterocycles. The van der Waals surface area contributed by atoms with E-state index in [2.05, 4.69) is 15.5 Å². The molecule has 0 unspecified atom stereocenters. The number of carbonyl (C=O) groups is 1. The van der Waals surface area contributed by atoms with E-state index in [0.29, 0.717) is 23.1 Å². The summed E-state index contributed by atoms with van der Waals surface area (Å²) in [5, 5.41) is 12.1. The number of para-hydroxylation sites is 2. The number of rotatable bonds is 7. The summed E-state index contributed by atoms with van der Waals surface area (Å²) < 4.78 is 20.1. The molecule has 0 atom stereocenters. The number of nitrogens with zero attached hydrogens (tertiary/aromatic N) is 5. The highest BCUT2D eigenvalue weighted by Gasteiger charge is 2.16. The van der Waals surface area contributed by atoms with E-state index in [0.717, 1.165) is 5.56 Å². The zero-order valence-corrected chi connectivity index (χ0v) is 15.7. The Labute approximate surface area is 160 Å². The Balaban J connectivity index is 1.65. The number of ether oxygens (including phenoxy) is 1. The lowest BCUT2D eigenvalue weighted by Gasteiger charge is -2.17. The quantitative estimate of drug-likeness (QED) is 0.580. The van der Waals surface area contributed by atoms with Gasteiger partial charge in [0.05, 0.1) is 12.9 Å². The predicted molar refractivity (Wildman–Crippen MR) is 99.3 cm³/mol. The van der Waals surface area contributed by atoms with Crippen LogP contribution in [-0.2, 0) is 11.3 Å².